The number of hydrogen-bond acceptors (Lipinski definition) is 4. The first-order valence-corrected chi connectivity index (χ1v) is 9.27. The lowest BCUT2D eigenvalue weighted by Crippen LogP contribution is -2.45. The van der Waals surface area contributed by atoms with Crippen LogP contribution in [-0.4, -0.2) is 34.6 Å². The number of hydrogen-bond donors (Lipinski definition) is 2. The Hall–Kier alpha value is -2.37. The third kappa shape index (κ3) is 9.22. The zero-order valence-corrected chi connectivity index (χ0v) is 16.8. The third-order valence-corrected chi connectivity index (χ3v) is 3.91. The molecule has 0 unspecified atom stereocenters. The third-order valence-electron chi connectivity index (χ3n) is 3.91. The van der Waals surface area contributed by atoms with E-state index in [1.807, 2.05) is 44.2 Å². The normalized spacial score (nSPS) is 13.7. The van der Waals surface area contributed by atoms with Gasteiger partial charge in [0, 0.05) is 6.42 Å². The highest BCUT2D eigenvalue weighted by atomic mass is 16.6. The Balaban J connectivity index is 2.82. The Kier molecular flexibility index (Phi) is 8.47. The molecular weight excluding hydrogens is 346 g/mol. The van der Waals surface area contributed by atoms with Crippen molar-refractivity contribution in [2.24, 2.45) is 11.8 Å². The molecule has 2 N–H and O–H groups in total. The molecule has 1 rings (SSSR count). The molecule has 1 aromatic rings. The Labute approximate surface area is 161 Å². The van der Waals surface area contributed by atoms with E-state index in [0.717, 1.165) is 5.56 Å². The first kappa shape index (κ1) is 22.7. The molecule has 6 nitrogen and oxygen atoms in total. The lowest BCUT2D eigenvalue weighted by molar-refractivity contribution is -0.144. The van der Waals surface area contributed by atoms with Crippen LogP contribution in [0.25, 0.3) is 0 Å². The van der Waals surface area contributed by atoms with E-state index in [1.165, 1.54) is 0 Å². The number of alkyl carbamates (subject to hydrolysis) is 1. The first-order valence-electron chi connectivity index (χ1n) is 9.27. The van der Waals surface area contributed by atoms with E-state index in [1.54, 1.807) is 20.8 Å². The fourth-order valence-corrected chi connectivity index (χ4v) is 2.72. The summed E-state index contributed by atoms with van der Waals surface area (Å²) in [7, 11) is 0. The van der Waals surface area contributed by atoms with Gasteiger partial charge in [-0.2, -0.15) is 0 Å². The van der Waals surface area contributed by atoms with Crippen molar-refractivity contribution in [3.63, 3.8) is 0 Å². The predicted molar refractivity (Wildman–Crippen MR) is 104 cm³/mol. The van der Waals surface area contributed by atoms with Crippen molar-refractivity contribution in [1.82, 2.24) is 5.32 Å². The van der Waals surface area contributed by atoms with Crippen LogP contribution in [0.3, 0.4) is 0 Å². The fraction of sp³-hybridized carbons (Fsp3) is 0.571. The van der Waals surface area contributed by atoms with Gasteiger partial charge in [-0.05, 0) is 45.1 Å². The number of nitrogens with one attached hydrogen (secondary N) is 1. The van der Waals surface area contributed by atoms with Crippen LogP contribution >= 0.6 is 0 Å². The molecule has 0 aromatic heterocycles. The molecule has 2 atom stereocenters. The minimum absolute atomic E-state index is 0.141. The highest BCUT2D eigenvalue weighted by Gasteiger charge is 2.29. The van der Waals surface area contributed by atoms with Crippen LogP contribution < -0.4 is 5.32 Å². The topological polar surface area (TPSA) is 92.7 Å². The lowest BCUT2D eigenvalue weighted by Gasteiger charge is -2.24. The highest BCUT2D eigenvalue weighted by molar-refractivity contribution is 5.90. The predicted octanol–water partition coefficient (Wildman–Crippen LogP) is 3.83. The molecule has 0 fully saturated rings. The van der Waals surface area contributed by atoms with Crippen molar-refractivity contribution in [2.45, 2.75) is 65.5 Å². The SMILES string of the molecule is CC(C)C[C@H](NC(=O)OC(C)(C)C)C(=O)C[C@@H](Cc1ccccc1)C(=O)O. The number of carbonyl (C=O) groups excluding carboxylic acids is 2. The van der Waals surface area contributed by atoms with Gasteiger partial charge >= 0.3 is 12.1 Å². The zero-order valence-electron chi connectivity index (χ0n) is 16.8. The van der Waals surface area contributed by atoms with Crippen LogP contribution in [0.5, 0.6) is 0 Å². The fourth-order valence-electron chi connectivity index (χ4n) is 2.72. The standard InChI is InChI=1S/C21H31NO5/c1-14(2)11-17(22-20(26)27-21(3,4)5)18(23)13-16(19(24)25)12-15-9-7-6-8-10-15/h6-10,14,16-17H,11-13H2,1-5H3,(H,22,26)(H,24,25)/t16-,17+/m1/s1. The molecule has 27 heavy (non-hydrogen) atoms. The Morgan fingerprint density at radius 3 is 2.19 bits per heavy atom. The number of aliphatic carboxylic acids is 1. The lowest BCUT2D eigenvalue weighted by atomic mass is 9.90. The van der Waals surface area contributed by atoms with Gasteiger partial charge in [-0.3, -0.25) is 9.59 Å². The van der Waals surface area contributed by atoms with E-state index in [4.69, 9.17) is 4.74 Å². The van der Waals surface area contributed by atoms with Crippen LogP contribution in [0.15, 0.2) is 30.3 Å². The molecule has 6 heteroatoms. The molecule has 0 aliphatic rings. The summed E-state index contributed by atoms with van der Waals surface area (Å²) in [6.07, 6.45) is -0.118. The summed E-state index contributed by atoms with van der Waals surface area (Å²) < 4.78 is 5.23. The van der Waals surface area contributed by atoms with Gasteiger partial charge in [0.15, 0.2) is 5.78 Å². The molecule has 150 valence electrons. The first-order chi connectivity index (χ1) is 12.5. The average molecular weight is 377 g/mol. The second kappa shape index (κ2) is 10.1. The van der Waals surface area contributed by atoms with Crippen LogP contribution in [0.1, 0.15) is 53.0 Å². The Morgan fingerprint density at radius 1 is 1.11 bits per heavy atom. The number of ketones is 1. The minimum Gasteiger partial charge on any atom is -0.481 e. The largest absolute Gasteiger partial charge is 0.481 e. The maximum Gasteiger partial charge on any atom is 0.408 e. The summed E-state index contributed by atoms with van der Waals surface area (Å²) in [6.45, 7) is 9.11. The molecule has 1 amide bonds. The summed E-state index contributed by atoms with van der Waals surface area (Å²) in [6, 6.07) is 8.44. The molecule has 0 spiro atoms. The summed E-state index contributed by atoms with van der Waals surface area (Å²) in [5.74, 6) is -1.99. The van der Waals surface area contributed by atoms with E-state index in [2.05, 4.69) is 5.32 Å². The summed E-state index contributed by atoms with van der Waals surface area (Å²) in [5, 5.41) is 12.1. The number of Topliss-reactive ketones (excluding diaryl/α,β-unsaturated/α-hetero) is 1. The smallest absolute Gasteiger partial charge is 0.408 e. The van der Waals surface area contributed by atoms with Crippen molar-refractivity contribution in [1.29, 1.82) is 0 Å². The zero-order chi connectivity index (χ0) is 20.6. The Bertz CT molecular complexity index is 634. The number of amides is 1. The summed E-state index contributed by atoms with van der Waals surface area (Å²) >= 11 is 0. The molecular formula is C21H31NO5. The minimum atomic E-state index is -1.02. The Morgan fingerprint density at radius 2 is 1.70 bits per heavy atom. The van der Waals surface area contributed by atoms with Gasteiger partial charge in [0.2, 0.25) is 0 Å². The van der Waals surface area contributed by atoms with Crippen LogP contribution in [0.4, 0.5) is 4.79 Å². The molecule has 0 heterocycles. The van der Waals surface area contributed by atoms with Crippen LogP contribution in [0.2, 0.25) is 0 Å². The molecule has 0 saturated heterocycles. The molecule has 0 radical (unpaired) electrons. The molecule has 0 saturated carbocycles. The van der Waals surface area contributed by atoms with E-state index < -0.39 is 29.6 Å². The molecule has 0 aliphatic heterocycles. The molecule has 0 aliphatic carbocycles. The molecule has 0 bridgehead atoms. The molecule has 1 aromatic carbocycles. The van der Waals surface area contributed by atoms with E-state index >= 15 is 0 Å². The highest BCUT2D eigenvalue weighted by Crippen LogP contribution is 2.17. The summed E-state index contributed by atoms with van der Waals surface area (Å²) in [5.41, 5.74) is 0.185. The van der Waals surface area contributed by atoms with Crippen molar-refractivity contribution < 1.29 is 24.2 Å². The van der Waals surface area contributed by atoms with Gasteiger partial charge in [0.1, 0.15) is 5.60 Å². The summed E-state index contributed by atoms with van der Waals surface area (Å²) in [4.78, 5) is 36.4. The number of ether oxygens (including phenoxy) is 1. The number of carboxylic acid groups (broad SMARTS) is 1. The quantitative estimate of drug-likeness (QED) is 0.682. The van der Waals surface area contributed by atoms with Crippen LogP contribution in [0, 0.1) is 11.8 Å². The van der Waals surface area contributed by atoms with E-state index in [0.29, 0.717) is 6.42 Å². The van der Waals surface area contributed by atoms with Gasteiger partial charge in [-0.25, -0.2) is 4.79 Å². The number of carbonyl (C=O) groups is 3. The second-order valence-corrected chi connectivity index (χ2v) is 8.22. The van der Waals surface area contributed by atoms with Crippen molar-refractivity contribution in [3.8, 4) is 0 Å². The number of rotatable bonds is 9. The van der Waals surface area contributed by atoms with E-state index in [9.17, 15) is 19.5 Å². The van der Waals surface area contributed by atoms with Gasteiger partial charge in [0.25, 0.3) is 0 Å². The van der Waals surface area contributed by atoms with Gasteiger partial charge < -0.3 is 15.2 Å². The van der Waals surface area contributed by atoms with Crippen molar-refractivity contribution >= 4 is 17.8 Å². The van der Waals surface area contributed by atoms with Gasteiger partial charge in [-0.15, -0.1) is 0 Å². The number of benzene rings is 1. The van der Waals surface area contributed by atoms with Crippen LogP contribution in [-0.2, 0) is 20.7 Å². The monoisotopic (exact) mass is 377 g/mol. The van der Waals surface area contributed by atoms with Gasteiger partial charge in [-0.1, -0.05) is 44.2 Å². The van der Waals surface area contributed by atoms with Crippen molar-refractivity contribution in [3.05, 3.63) is 35.9 Å². The maximum absolute atomic E-state index is 12.8. The average Bonchev–Trinajstić information content (AvgIpc) is 2.52. The number of carboxylic acids is 1. The second-order valence-electron chi connectivity index (χ2n) is 8.22. The maximum atomic E-state index is 12.8. The van der Waals surface area contributed by atoms with Gasteiger partial charge in [0.05, 0.1) is 12.0 Å². The van der Waals surface area contributed by atoms with E-state index in [-0.39, 0.29) is 24.5 Å². The van der Waals surface area contributed by atoms with Crippen molar-refractivity contribution in [2.75, 3.05) is 0 Å².